The van der Waals surface area contributed by atoms with Crippen LogP contribution in [0, 0.1) is 0 Å². The first kappa shape index (κ1) is 17.2. The number of amides is 2. The SMILES string of the molecule is COC(=O)C[C@H](NC(=O)N1CCCC1CCCO)C(=O)O. The van der Waals surface area contributed by atoms with Crippen LogP contribution in [0.4, 0.5) is 4.79 Å². The van der Waals surface area contributed by atoms with Gasteiger partial charge in [0.1, 0.15) is 6.04 Å². The summed E-state index contributed by atoms with van der Waals surface area (Å²) in [7, 11) is 1.16. The third kappa shape index (κ3) is 5.22. The minimum Gasteiger partial charge on any atom is -0.480 e. The molecule has 0 aromatic carbocycles. The van der Waals surface area contributed by atoms with Crippen LogP contribution in [0.2, 0.25) is 0 Å². The van der Waals surface area contributed by atoms with Gasteiger partial charge in [-0.15, -0.1) is 0 Å². The molecule has 2 atom stereocenters. The molecule has 1 saturated heterocycles. The zero-order valence-corrected chi connectivity index (χ0v) is 12.1. The van der Waals surface area contributed by atoms with E-state index in [0.29, 0.717) is 19.4 Å². The molecule has 1 aliphatic heterocycles. The molecule has 8 heteroatoms. The molecule has 1 rings (SSSR count). The Kier molecular flexibility index (Phi) is 6.93. The Hall–Kier alpha value is -1.83. The van der Waals surface area contributed by atoms with E-state index in [4.69, 9.17) is 10.2 Å². The second kappa shape index (κ2) is 8.46. The molecule has 1 aliphatic rings. The maximum atomic E-state index is 12.1. The van der Waals surface area contributed by atoms with Crippen LogP contribution in [0.5, 0.6) is 0 Å². The first-order chi connectivity index (χ1) is 9.99. The number of carboxylic acid groups (broad SMARTS) is 1. The van der Waals surface area contributed by atoms with Gasteiger partial charge in [0, 0.05) is 19.2 Å². The van der Waals surface area contributed by atoms with Gasteiger partial charge in [-0.25, -0.2) is 9.59 Å². The molecule has 0 spiro atoms. The van der Waals surface area contributed by atoms with Gasteiger partial charge in [0.2, 0.25) is 0 Å². The van der Waals surface area contributed by atoms with Crippen LogP contribution in [0.3, 0.4) is 0 Å². The maximum absolute atomic E-state index is 12.1. The molecule has 1 heterocycles. The van der Waals surface area contributed by atoms with Crippen molar-refractivity contribution in [1.82, 2.24) is 10.2 Å². The van der Waals surface area contributed by atoms with Gasteiger partial charge >= 0.3 is 18.0 Å². The normalized spacial score (nSPS) is 19.1. The van der Waals surface area contributed by atoms with Crippen LogP contribution >= 0.6 is 0 Å². The van der Waals surface area contributed by atoms with E-state index in [2.05, 4.69) is 10.1 Å². The number of nitrogens with zero attached hydrogens (tertiary/aromatic N) is 1. The number of aliphatic hydroxyl groups excluding tert-OH is 1. The van der Waals surface area contributed by atoms with Crippen LogP contribution in [0.15, 0.2) is 0 Å². The van der Waals surface area contributed by atoms with E-state index in [-0.39, 0.29) is 12.6 Å². The van der Waals surface area contributed by atoms with Gasteiger partial charge in [-0.1, -0.05) is 0 Å². The first-order valence-corrected chi connectivity index (χ1v) is 6.97. The molecule has 0 radical (unpaired) electrons. The summed E-state index contributed by atoms with van der Waals surface area (Å²) >= 11 is 0. The quantitative estimate of drug-likeness (QED) is 0.568. The number of rotatable bonds is 7. The molecule has 3 N–H and O–H groups in total. The Balaban J connectivity index is 2.59. The molecule has 120 valence electrons. The summed E-state index contributed by atoms with van der Waals surface area (Å²) in [5.41, 5.74) is 0. The number of carbonyl (C=O) groups excluding carboxylic acids is 2. The molecule has 2 amide bonds. The monoisotopic (exact) mass is 302 g/mol. The van der Waals surface area contributed by atoms with Gasteiger partial charge in [0.25, 0.3) is 0 Å². The third-order valence-electron chi connectivity index (χ3n) is 3.53. The number of ether oxygens (including phenoxy) is 1. The number of methoxy groups -OCH3 is 1. The highest BCUT2D eigenvalue weighted by Crippen LogP contribution is 2.21. The van der Waals surface area contributed by atoms with Crippen LogP contribution in [-0.4, -0.2) is 65.4 Å². The zero-order valence-electron chi connectivity index (χ0n) is 12.1. The average Bonchev–Trinajstić information content (AvgIpc) is 2.92. The summed E-state index contributed by atoms with van der Waals surface area (Å²) in [4.78, 5) is 36.0. The lowest BCUT2D eigenvalue weighted by Gasteiger charge is -2.26. The molecule has 0 aliphatic carbocycles. The number of esters is 1. The van der Waals surface area contributed by atoms with E-state index >= 15 is 0 Å². The molecule has 8 nitrogen and oxygen atoms in total. The van der Waals surface area contributed by atoms with E-state index < -0.39 is 30.4 Å². The van der Waals surface area contributed by atoms with Crippen molar-refractivity contribution < 1.29 is 29.3 Å². The van der Waals surface area contributed by atoms with Crippen molar-refractivity contribution in [2.24, 2.45) is 0 Å². The first-order valence-electron chi connectivity index (χ1n) is 6.97. The number of aliphatic hydroxyl groups is 1. The van der Waals surface area contributed by atoms with E-state index in [1.54, 1.807) is 4.90 Å². The molecule has 0 saturated carbocycles. The molecule has 1 unspecified atom stereocenters. The van der Waals surface area contributed by atoms with E-state index in [1.807, 2.05) is 0 Å². The van der Waals surface area contributed by atoms with Gasteiger partial charge in [-0.2, -0.15) is 0 Å². The fourth-order valence-electron chi connectivity index (χ4n) is 2.41. The summed E-state index contributed by atoms with van der Waals surface area (Å²) < 4.78 is 4.42. The maximum Gasteiger partial charge on any atom is 0.326 e. The van der Waals surface area contributed by atoms with Crippen molar-refractivity contribution in [1.29, 1.82) is 0 Å². The second-order valence-electron chi connectivity index (χ2n) is 4.98. The number of urea groups is 1. The summed E-state index contributed by atoms with van der Waals surface area (Å²) in [6, 6.07) is -1.79. The van der Waals surface area contributed by atoms with E-state index in [9.17, 15) is 14.4 Å². The largest absolute Gasteiger partial charge is 0.480 e. The number of carboxylic acids is 1. The predicted molar refractivity (Wildman–Crippen MR) is 72.6 cm³/mol. The molecular formula is C13H22N2O6. The Morgan fingerprint density at radius 1 is 1.43 bits per heavy atom. The number of hydrogen-bond acceptors (Lipinski definition) is 5. The highest BCUT2D eigenvalue weighted by Gasteiger charge is 2.31. The van der Waals surface area contributed by atoms with Crippen LogP contribution in [-0.2, 0) is 14.3 Å². The van der Waals surface area contributed by atoms with Gasteiger partial charge < -0.3 is 25.2 Å². The molecule has 1 fully saturated rings. The van der Waals surface area contributed by atoms with Crippen molar-refractivity contribution in [3.05, 3.63) is 0 Å². The molecule has 0 bridgehead atoms. The number of aliphatic carboxylic acids is 1. The topological polar surface area (TPSA) is 116 Å². The second-order valence-corrected chi connectivity index (χ2v) is 4.98. The fourth-order valence-corrected chi connectivity index (χ4v) is 2.41. The van der Waals surface area contributed by atoms with Gasteiger partial charge in [-0.05, 0) is 25.7 Å². The summed E-state index contributed by atoms with van der Waals surface area (Å²) in [6.07, 6.45) is 2.55. The summed E-state index contributed by atoms with van der Waals surface area (Å²) in [5.74, 6) is -1.97. The van der Waals surface area contributed by atoms with Crippen LogP contribution < -0.4 is 5.32 Å². The number of hydrogen-bond donors (Lipinski definition) is 3. The van der Waals surface area contributed by atoms with Gasteiger partial charge in [0.15, 0.2) is 0 Å². The van der Waals surface area contributed by atoms with E-state index in [1.165, 1.54) is 0 Å². The lowest BCUT2D eigenvalue weighted by atomic mass is 10.1. The van der Waals surface area contributed by atoms with Crippen molar-refractivity contribution >= 4 is 18.0 Å². The summed E-state index contributed by atoms with van der Waals surface area (Å²) in [6.45, 7) is 0.610. The fraction of sp³-hybridized carbons (Fsp3) is 0.769. The summed E-state index contributed by atoms with van der Waals surface area (Å²) in [5, 5.41) is 20.2. The standard InChI is InChI=1S/C13H22N2O6/c1-21-11(17)8-10(12(18)19)14-13(20)15-6-2-4-9(15)5-3-7-16/h9-10,16H,2-8H2,1H3,(H,14,20)(H,18,19)/t9?,10-/m0/s1. The minimum absolute atomic E-state index is 0.00437. The van der Waals surface area contributed by atoms with Gasteiger partial charge in [-0.3, -0.25) is 4.79 Å². The Morgan fingerprint density at radius 2 is 2.14 bits per heavy atom. The zero-order chi connectivity index (χ0) is 15.8. The van der Waals surface area contributed by atoms with Crippen LogP contribution in [0.25, 0.3) is 0 Å². The van der Waals surface area contributed by atoms with Crippen molar-refractivity contribution in [2.45, 2.75) is 44.2 Å². The van der Waals surface area contributed by atoms with Gasteiger partial charge in [0.05, 0.1) is 13.5 Å². The smallest absolute Gasteiger partial charge is 0.326 e. The Labute approximate surface area is 123 Å². The highest BCUT2D eigenvalue weighted by molar-refractivity contribution is 5.86. The van der Waals surface area contributed by atoms with Crippen molar-refractivity contribution in [2.75, 3.05) is 20.3 Å². The molecule has 0 aromatic heterocycles. The lowest BCUT2D eigenvalue weighted by molar-refractivity contribution is -0.147. The molecule has 0 aromatic rings. The predicted octanol–water partition coefficient (Wildman–Crippen LogP) is -0.0508. The number of carbonyl (C=O) groups is 3. The minimum atomic E-state index is -1.30. The highest BCUT2D eigenvalue weighted by atomic mass is 16.5. The van der Waals surface area contributed by atoms with Crippen LogP contribution in [0.1, 0.15) is 32.1 Å². The van der Waals surface area contributed by atoms with Crippen molar-refractivity contribution in [3.8, 4) is 0 Å². The Bertz CT molecular complexity index is 387. The third-order valence-corrected chi connectivity index (χ3v) is 3.53. The lowest BCUT2D eigenvalue weighted by Crippen LogP contribution is -2.50. The van der Waals surface area contributed by atoms with E-state index in [0.717, 1.165) is 20.0 Å². The molecular weight excluding hydrogens is 280 g/mol. The van der Waals surface area contributed by atoms with Crippen molar-refractivity contribution in [3.63, 3.8) is 0 Å². The Morgan fingerprint density at radius 3 is 2.71 bits per heavy atom. The average molecular weight is 302 g/mol. The number of likely N-dealkylation sites (tertiary alicyclic amines) is 1. The molecule has 21 heavy (non-hydrogen) atoms. The number of nitrogens with one attached hydrogen (secondary N) is 1.